The van der Waals surface area contributed by atoms with E-state index >= 15 is 0 Å². The minimum Gasteiger partial charge on any atom is -0.330 e. The number of hydrogen-bond donors (Lipinski definition) is 1. The zero-order chi connectivity index (χ0) is 13.2. The third kappa shape index (κ3) is 4.48. The molecule has 2 rings (SSSR count). The molecular weight excluding hydrogens is 256 g/mol. The molecule has 0 saturated carbocycles. The van der Waals surface area contributed by atoms with Crippen molar-refractivity contribution in [3.05, 3.63) is 34.9 Å². The Morgan fingerprint density at radius 1 is 1.21 bits per heavy atom. The number of rotatable bonds is 5. The third-order valence-electron chi connectivity index (χ3n) is 3.87. The summed E-state index contributed by atoms with van der Waals surface area (Å²) in [7, 11) is 2.19. The Balaban J connectivity index is 0.00000180. The van der Waals surface area contributed by atoms with Gasteiger partial charge in [-0.1, -0.05) is 32.0 Å². The molecule has 0 amide bonds. The van der Waals surface area contributed by atoms with Crippen LogP contribution < -0.4 is 5.73 Å². The molecule has 0 unspecified atom stereocenters. The normalized spacial score (nSPS) is 14.4. The van der Waals surface area contributed by atoms with E-state index in [4.69, 9.17) is 5.73 Å². The Hall–Kier alpha value is -0.570. The fourth-order valence-electron chi connectivity index (χ4n) is 2.89. The van der Waals surface area contributed by atoms with Crippen molar-refractivity contribution in [1.82, 2.24) is 4.90 Å². The van der Waals surface area contributed by atoms with Gasteiger partial charge in [-0.15, -0.1) is 12.4 Å². The molecule has 1 aliphatic rings. The van der Waals surface area contributed by atoms with Gasteiger partial charge in [0.25, 0.3) is 0 Å². The molecule has 1 aromatic carbocycles. The maximum absolute atomic E-state index is 5.80. The summed E-state index contributed by atoms with van der Waals surface area (Å²) in [6.45, 7) is 7.26. The summed E-state index contributed by atoms with van der Waals surface area (Å²) >= 11 is 0. The lowest BCUT2D eigenvalue weighted by molar-refractivity contribution is 0.210. The number of nitrogens with zero attached hydrogens (tertiary/aromatic N) is 1. The van der Waals surface area contributed by atoms with Crippen LogP contribution in [-0.4, -0.2) is 25.0 Å². The lowest BCUT2D eigenvalue weighted by Gasteiger charge is -2.29. The fraction of sp³-hybridized carbons (Fsp3) is 0.625. The van der Waals surface area contributed by atoms with Crippen molar-refractivity contribution >= 4 is 12.4 Å². The Morgan fingerprint density at radius 2 is 1.89 bits per heavy atom. The third-order valence-corrected chi connectivity index (χ3v) is 3.87. The second-order valence-electron chi connectivity index (χ2n) is 6.50. The fourth-order valence-corrected chi connectivity index (χ4v) is 2.89. The first kappa shape index (κ1) is 16.5. The zero-order valence-electron chi connectivity index (χ0n) is 12.4. The van der Waals surface area contributed by atoms with E-state index in [0.717, 1.165) is 19.6 Å². The minimum atomic E-state index is 0. The molecule has 0 aliphatic heterocycles. The number of benzene rings is 1. The first-order valence-electron chi connectivity index (χ1n) is 6.99. The molecule has 2 N–H and O–H groups in total. The van der Waals surface area contributed by atoms with E-state index < -0.39 is 0 Å². The number of aryl methyl sites for hydroxylation is 2. The molecule has 0 aromatic heterocycles. The molecule has 19 heavy (non-hydrogen) atoms. The van der Waals surface area contributed by atoms with Crippen molar-refractivity contribution in [3.8, 4) is 0 Å². The van der Waals surface area contributed by atoms with E-state index in [1.54, 1.807) is 11.1 Å². The highest BCUT2D eigenvalue weighted by Crippen LogP contribution is 2.23. The second kappa shape index (κ2) is 6.74. The number of halogens is 1. The molecule has 0 saturated heterocycles. The molecule has 0 atom stereocenters. The van der Waals surface area contributed by atoms with Gasteiger partial charge in [0, 0.05) is 13.1 Å². The molecule has 0 radical (unpaired) electrons. The average molecular weight is 283 g/mol. The summed E-state index contributed by atoms with van der Waals surface area (Å²) in [6.07, 6.45) is 3.86. The molecule has 1 aliphatic carbocycles. The smallest absolute Gasteiger partial charge is 0.0231 e. The van der Waals surface area contributed by atoms with E-state index in [1.165, 1.54) is 24.8 Å². The van der Waals surface area contributed by atoms with E-state index in [-0.39, 0.29) is 17.8 Å². The van der Waals surface area contributed by atoms with Crippen molar-refractivity contribution in [2.24, 2.45) is 11.1 Å². The van der Waals surface area contributed by atoms with Gasteiger partial charge in [0.2, 0.25) is 0 Å². The highest BCUT2D eigenvalue weighted by atomic mass is 35.5. The van der Waals surface area contributed by atoms with Gasteiger partial charge in [0.1, 0.15) is 0 Å². The maximum atomic E-state index is 5.80. The van der Waals surface area contributed by atoms with E-state index in [1.807, 2.05) is 0 Å². The predicted molar refractivity (Wildman–Crippen MR) is 84.9 cm³/mol. The summed E-state index contributed by atoms with van der Waals surface area (Å²) in [4.78, 5) is 2.38. The number of hydrogen-bond acceptors (Lipinski definition) is 2. The van der Waals surface area contributed by atoms with Crippen LogP contribution in [0.25, 0.3) is 0 Å². The molecule has 3 heteroatoms. The molecule has 2 nitrogen and oxygen atoms in total. The molecule has 1 aromatic rings. The van der Waals surface area contributed by atoms with Gasteiger partial charge in [-0.2, -0.15) is 0 Å². The SMILES string of the molecule is CN(Cc1ccc2c(c1)CCC2)CC(C)(C)CN.Cl. The van der Waals surface area contributed by atoms with Crippen molar-refractivity contribution in [2.45, 2.75) is 39.7 Å². The van der Waals surface area contributed by atoms with Crippen LogP contribution in [0.2, 0.25) is 0 Å². The highest BCUT2D eigenvalue weighted by Gasteiger charge is 2.18. The Morgan fingerprint density at radius 3 is 2.58 bits per heavy atom. The van der Waals surface area contributed by atoms with E-state index in [9.17, 15) is 0 Å². The van der Waals surface area contributed by atoms with Gasteiger partial charge in [0.05, 0.1) is 0 Å². The first-order valence-corrected chi connectivity index (χ1v) is 6.99. The topological polar surface area (TPSA) is 29.3 Å². The summed E-state index contributed by atoms with van der Waals surface area (Å²) in [5.74, 6) is 0. The lowest BCUT2D eigenvalue weighted by atomic mass is 9.93. The summed E-state index contributed by atoms with van der Waals surface area (Å²) in [5.41, 5.74) is 10.6. The minimum absolute atomic E-state index is 0. The van der Waals surface area contributed by atoms with Crippen molar-refractivity contribution in [1.29, 1.82) is 0 Å². The average Bonchev–Trinajstić information content (AvgIpc) is 2.75. The predicted octanol–water partition coefficient (Wildman–Crippen LogP) is 3.01. The summed E-state index contributed by atoms with van der Waals surface area (Å²) in [6, 6.07) is 7.00. The van der Waals surface area contributed by atoms with E-state index in [0.29, 0.717) is 0 Å². The Kier molecular flexibility index (Phi) is 5.84. The standard InChI is InChI=1S/C16H26N2.ClH/c1-16(2,11-17)12-18(3)10-13-7-8-14-5-4-6-15(14)9-13;/h7-9H,4-6,10-12,17H2,1-3H3;1H. The van der Waals surface area contributed by atoms with Crippen LogP contribution in [0.1, 0.15) is 37.0 Å². The molecule has 0 spiro atoms. The van der Waals surface area contributed by atoms with Crippen LogP contribution in [0.5, 0.6) is 0 Å². The Labute approximate surface area is 123 Å². The Bertz CT molecular complexity index is 415. The molecule has 0 bridgehead atoms. The van der Waals surface area contributed by atoms with Crippen molar-refractivity contribution < 1.29 is 0 Å². The highest BCUT2D eigenvalue weighted by molar-refractivity contribution is 5.85. The van der Waals surface area contributed by atoms with Gasteiger partial charge >= 0.3 is 0 Å². The maximum Gasteiger partial charge on any atom is 0.0231 e. The molecular formula is C16H27ClN2. The molecule has 0 heterocycles. The van der Waals surface area contributed by atoms with E-state index in [2.05, 4.69) is 44.0 Å². The number of fused-ring (bicyclic) bond motifs is 1. The monoisotopic (exact) mass is 282 g/mol. The van der Waals surface area contributed by atoms with Gasteiger partial charge in [-0.05, 0) is 55.0 Å². The zero-order valence-corrected chi connectivity index (χ0v) is 13.2. The van der Waals surface area contributed by atoms with Gasteiger partial charge in [-0.25, -0.2) is 0 Å². The number of nitrogens with two attached hydrogens (primary N) is 1. The van der Waals surface area contributed by atoms with Crippen molar-refractivity contribution in [3.63, 3.8) is 0 Å². The quantitative estimate of drug-likeness (QED) is 0.900. The van der Waals surface area contributed by atoms with Crippen molar-refractivity contribution in [2.75, 3.05) is 20.1 Å². The van der Waals surface area contributed by atoms with Crippen LogP contribution in [0.15, 0.2) is 18.2 Å². The largest absolute Gasteiger partial charge is 0.330 e. The lowest BCUT2D eigenvalue weighted by Crippen LogP contribution is -2.36. The summed E-state index contributed by atoms with van der Waals surface area (Å²) < 4.78 is 0. The van der Waals surface area contributed by atoms with Gasteiger partial charge in [0.15, 0.2) is 0 Å². The van der Waals surface area contributed by atoms with Crippen LogP contribution >= 0.6 is 12.4 Å². The molecule has 0 fully saturated rings. The molecule has 108 valence electrons. The van der Waals surface area contributed by atoms with Crippen LogP contribution in [0.3, 0.4) is 0 Å². The summed E-state index contributed by atoms with van der Waals surface area (Å²) in [5, 5.41) is 0. The first-order chi connectivity index (χ1) is 8.50. The van der Waals surface area contributed by atoms with Crippen LogP contribution in [-0.2, 0) is 19.4 Å². The van der Waals surface area contributed by atoms with Gasteiger partial charge < -0.3 is 10.6 Å². The van der Waals surface area contributed by atoms with Crippen LogP contribution in [0, 0.1) is 5.41 Å². The van der Waals surface area contributed by atoms with Gasteiger partial charge in [-0.3, -0.25) is 0 Å². The van der Waals surface area contributed by atoms with Crippen LogP contribution in [0.4, 0.5) is 0 Å². The second-order valence-corrected chi connectivity index (χ2v) is 6.50.